The van der Waals surface area contributed by atoms with Gasteiger partial charge in [0.2, 0.25) is 0 Å². The molecule has 3 nitrogen and oxygen atoms in total. The van der Waals surface area contributed by atoms with Crippen LogP contribution >= 0.6 is 0 Å². The zero-order valence-electron chi connectivity index (χ0n) is 11.1. The molecule has 100 valence electrons. The van der Waals surface area contributed by atoms with Gasteiger partial charge in [-0.15, -0.1) is 0 Å². The van der Waals surface area contributed by atoms with Gasteiger partial charge in [0.15, 0.2) is 0 Å². The summed E-state index contributed by atoms with van der Waals surface area (Å²) in [6.07, 6.45) is 13.3. The molecule has 1 aliphatic carbocycles. The van der Waals surface area contributed by atoms with Crippen LogP contribution in [0.2, 0.25) is 0 Å². The summed E-state index contributed by atoms with van der Waals surface area (Å²) in [4.78, 5) is 11.4. The van der Waals surface area contributed by atoms with Crippen LogP contribution in [-0.2, 0) is 16.0 Å². The van der Waals surface area contributed by atoms with Gasteiger partial charge in [-0.2, -0.15) is 0 Å². The highest BCUT2D eigenvalue weighted by Crippen LogP contribution is 2.33. The highest BCUT2D eigenvalue weighted by atomic mass is 16.5. The summed E-state index contributed by atoms with van der Waals surface area (Å²) in [5.74, 6) is 0.193. The zero-order chi connectivity index (χ0) is 13.2. The summed E-state index contributed by atoms with van der Waals surface area (Å²) in [6, 6.07) is 0. The van der Waals surface area contributed by atoms with Crippen LogP contribution in [0.15, 0.2) is 40.7 Å². The molecule has 0 radical (unpaired) electrons. The van der Waals surface area contributed by atoms with Gasteiger partial charge >= 0.3 is 5.97 Å². The van der Waals surface area contributed by atoms with E-state index in [2.05, 4.69) is 19.1 Å². The largest absolute Gasteiger partial charge is 0.472 e. The summed E-state index contributed by atoms with van der Waals surface area (Å²) in [7, 11) is 0. The zero-order valence-corrected chi connectivity index (χ0v) is 11.1. The highest BCUT2D eigenvalue weighted by Gasteiger charge is 2.28. The predicted molar refractivity (Wildman–Crippen MR) is 71.8 cm³/mol. The van der Waals surface area contributed by atoms with Crippen molar-refractivity contribution in [1.82, 2.24) is 0 Å². The molecule has 19 heavy (non-hydrogen) atoms. The minimum Gasteiger partial charge on any atom is -0.472 e. The van der Waals surface area contributed by atoms with Crippen molar-refractivity contribution in [3.63, 3.8) is 0 Å². The lowest BCUT2D eigenvalue weighted by atomic mass is 9.91. The van der Waals surface area contributed by atoms with Gasteiger partial charge in [-0.25, -0.2) is 4.79 Å². The summed E-state index contributed by atoms with van der Waals surface area (Å²) < 4.78 is 10.7. The molecule has 0 N–H and O–H groups in total. The molecule has 0 fully saturated rings. The molecule has 1 aliphatic heterocycles. The van der Waals surface area contributed by atoms with E-state index in [0.717, 1.165) is 31.3 Å². The number of carbonyl (C=O) groups excluding carboxylic acids is 1. The number of esters is 1. The van der Waals surface area contributed by atoms with E-state index in [1.54, 1.807) is 12.3 Å². The summed E-state index contributed by atoms with van der Waals surface area (Å²) in [6.45, 7) is 2.19. The third-order valence-electron chi connectivity index (χ3n) is 3.86. The van der Waals surface area contributed by atoms with Crippen molar-refractivity contribution in [3.05, 3.63) is 47.5 Å². The smallest absolute Gasteiger partial charge is 0.331 e. The molecule has 2 aliphatic rings. The fraction of sp³-hybridized carbons (Fsp3) is 0.438. The Kier molecular flexibility index (Phi) is 3.28. The topological polar surface area (TPSA) is 39.4 Å². The van der Waals surface area contributed by atoms with E-state index in [4.69, 9.17) is 9.15 Å². The maximum absolute atomic E-state index is 11.4. The molecule has 0 bridgehead atoms. The van der Waals surface area contributed by atoms with Gasteiger partial charge in [0.1, 0.15) is 6.10 Å². The van der Waals surface area contributed by atoms with Gasteiger partial charge < -0.3 is 9.15 Å². The quantitative estimate of drug-likeness (QED) is 0.602. The lowest BCUT2D eigenvalue weighted by molar-refractivity contribution is -0.138. The normalized spacial score (nSPS) is 27.4. The summed E-state index contributed by atoms with van der Waals surface area (Å²) in [5.41, 5.74) is 3.49. The van der Waals surface area contributed by atoms with E-state index >= 15 is 0 Å². The summed E-state index contributed by atoms with van der Waals surface area (Å²) >= 11 is 0. The Hall–Kier alpha value is -1.77. The fourth-order valence-electron chi connectivity index (χ4n) is 2.91. The number of carbonyl (C=O) groups is 1. The third kappa shape index (κ3) is 2.37. The number of ether oxygens (including phenoxy) is 1. The third-order valence-corrected chi connectivity index (χ3v) is 3.86. The maximum atomic E-state index is 11.4. The molecule has 0 saturated carbocycles. The molecule has 1 aromatic heterocycles. The van der Waals surface area contributed by atoms with Crippen LogP contribution in [0.4, 0.5) is 0 Å². The van der Waals surface area contributed by atoms with E-state index in [1.807, 2.05) is 6.26 Å². The maximum Gasteiger partial charge on any atom is 0.331 e. The number of rotatable bonds is 2. The molecule has 3 rings (SSSR count). The summed E-state index contributed by atoms with van der Waals surface area (Å²) in [5, 5.41) is 0. The van der Waals surface area contributed by atoms with E-state index in [1.165, 1.54) is 11.1 Å². The second-order valence-electron chi connectivity index (χ2n) is 5.23. The Morgan fingerprint density at radius 3 is 3.11 bits per heavy atom. The molecule has 1 aromatic rings. The van der Waals surface area contributed by atoms with Crippen LogP contribution in [0.1, 0.15) is 43.2 Å². The van der Waals surface area contributed by atoms with Gasteiger partial charge in [-0.05, 0) is 17.6 Å². The Morgan fingerprint density at radius 2 is 2.26 bits per heavy atom. The standard InChI is InChI=1S/C16H18O3/c1-2-4-11-5-3-6-15-12(8-16(17)19-15)7-13-9-18-10-14(11)13/h3,5,8-11,15H,2,4,6-7H2,1H3/b5-3-/t11-,15-/m1/s1. The van der Waals surface area contributed by atoms with Gasteiger partial charge in [0, 0.05) is 30.4 Å². The molecule has 2 atom stereocenters. The Morgan fingerprint density at radius 1 is 1.37 bits per heavy atom. The van der Waals surface area contributed by atoms with Crippen molar-refractivity contribution in [1.29, 1.82) is 0 Å². The first-order chi connectivity index (χ1) is 9.28. The lowest BCUT2D eigenvalue weighted by Gasteiger charge is -2.12. The molecule has 0 saturated heterocycles. The SMILES string of the molecule is CCC[C@@H]1/C=C\C[C@H]2OC(=O)C=C2Cc2cocc21. The Bertz CT molecular complexity index is 536. The fourth-order valence-corrected chi connectivity index (χ4v) is 2.91. The Labute approximate surface area is 112 Å². The van der Waals surface area contributed by atoms with Crippen LogP contribution in [0.5, 0.6) is 0 Å². The molecule has 0 amide bonds. The van der Waals surface area contributed by atoms with E-state index < -0.39 is 0 Å². The van der Waals surface area contributed by atoms with Gasteiger partial charge in [-0.1, -0.05) is 25.5 Å². The average Bonchev–Trinajstić information content (AvgIpc) is 2.95. The molecule has 0 unspecified atom stereocenters. The minimum absolute atomic E-state index is 0.0909. The average molecular weight is 258 g/mol. The van der Waals surface area contributed by atoms with Crippen LogP contribution < -0.4 is 0 Å². The number of furan rings is 1. The second-order valence-corrected chi connectivity index (χ2v) is 5.23. The van der Waals surface area contributed by atoms with Crippen molar-refractivity contribution in [2.75, 3.05) is 0 Å². The molecule has 0 spiro atoms. The highest BCUT2D eigenvalue weighted by molar-refractivity contribution is 5.86. The predicted octanol–water partition coefficient (Wildman–Crippen LogP) is 3.52. The molecular weight excluding hydrogens is 240 g/mol. The number of hydrogen-bond donors (Lipinski definition) is 0. The number of allylic oxidation sites excluding steroid dienone is 1. The molecule has 0 aromatic carbocycles. The van der Waals surface area contributed by atoms with E-state index in [9.17, 15) is 4.79 Å². The molecule has 3 heteroatoms. The van der Waals surface area contributed by atoms with Crippen molar-refractivity contribution >= 4 is 5.97 Å². The monoisotopic (exact) mass is 258 g/mol. The van der Waals surface area contributed by atoms with Gasteiger partial charge in [0.25, 0.3) is 0 Å². The van der Waals surface area contributed by atoms with Gasteiger partial charge in [-0.3, -0.25) is 0 Å². The van der Waals surface area contributed by atoms with Crippen molar-refractivity contribution < 1.29 is 13.9 Å². The van der Waals surface area contributed by atoms with E-state index in [0.29, 0.717) is 5.92 Å². The second kappa shape index (κ2) is 5.08. The van der Waals surface area contributed by atoms with E-state index in [-0.39, 0.29) is 12.1 Å². The number of hydrogen-bond acceptors (Lipinski definition) is 3. The van der Waals surface area contributed by atoms with Crippen molar-refractivity contribution in [3.8, 4) is 0 Å². The molecular formula is C16H18O3. The van der Waals surface area contributed by atoms with Crippen LogP contribution in [0.25, 0.3) is 0 Å². The van der Waals surface area contributed by atoms with Gasteiger partial charge in [0.05, 0.1) is 12.5 Å². The first kappa shape index (κ1) is 12.3. The molecule has 2 heterocycles. The number of fused-ring (bicyclic) bond motifs is 2. The van der Waals surface area contributed by atoms with Crippen LogP contribution in [0, 0.1) is 0 Å². The Balaban J connectivity index is 1.96. The van der Waals surface area contributed by atoms with Crippen LogP contribution in [-0.4, -0.2) is 12.1 Å². The van der Waals surface area contributed by atoms with Crippen molar-refractivity contribution in [2.45, 2.75) is 44.6 Å². The lowest BCUT2D eigenvalue weighted by Crippen LogP contribution is -2.11. The van der Waals surface area contributed by atoms with Crippen LogP contribution in [0.3, 0.4) is 0 Å². The minimum atomic E-state index is -0.218. The first-order valence-corrected chi connectivity index (χ1v) is 6.90. The van der Waals surface area contributed by atoms with Crippen molar-refractivity contribution in [2.24, 2.45) is 0 Å². The first-order valence-electron chi connectivity index (χ1n) is 6.90.